The van der Waals surface area contributed by atoms with Crippen molar-refractivity contribution in [2.24, 2.45) is 0 Å². The first-order valence-corrected chi connectivity index (χ1v) is 7.08. The van der Waals surface area contributed by atoms with Crippen molar-refractivity contribution in [3.63, 3.8) is 0 Å². The Hall–Kier alpha value is 2.33. The third-order valence-electron chi connectivity index (χ3n) is 2.14. The smallest absolute Gasteiger partial charge is 0.549 e. The minimum absolute atomic E-state index is 0. The number of carbonyl (C=O) groups excluding carboxylic acids is 4. The van der Waals surface area contributed by atoms with Gasteiger partial charge < -0.3 is 48.4 Å². The van der Waals surface area contributed by atoms with Gasteiger partial charge in [-0.25, -0.2) is 0 Å². The number of nitrogens with zero attached hydrogens (tertiary/aromatic N) is 2. The molecule has 0 N–H and O–H groups in total. The molecule has 112 valence electrons. The molecule has 15 heteroatoms. The fourth-order valence-corrected chi connectivity index (χ4v) is 3.00. The SMILES string of the molecule is O=C([O-])CN([CH2][AlH][N](CC(=O)[O-])CC(=O)[O-])CC(=O)[O-].[Na+].[Na+].[Na+].[Na+]. The number of rotatable bonds is 11. The van der Waals surface area contributed by atoms with E-state index in [2.05, 4.69) is 0 Å². The molecule has 0 rings (SSSR count). The molecule has 0 aliphatic rings. The van der Waals surface area contributed by atoms with Gasteiger partial charge in [-0.2, -0.15) is 0 Å². The van der Waals surface area contributed by atoms with Crippen LogP contribution in [-0.4, -0.2) is 79.7 Å². The van der Waals surface area contributed by atoms with Crippen LogP contribution in [0.25, 0.3) is 0 Å². The van der Waals surface area contributed by atoms with Crippen molar-refractivity contribution in [2.45, 2.75) is 0 Å². The minimum atomic E-state index is -1.56. The zero-order valence-corrected chi connectivity index (χ0v) is 23.8. The second-order valence-corrected chi connectivity index (χ2v) is 5.70. The van der Waals surface area contributed by atoms with Crippen LogP contribution in [-0.2, 0) is 19.2 Å². The molecule has 0 aliphatic heterocycles. The maximum Gasteiger partial charge on any atom is 1.00 e. The van der Waals surface area contributed by atoms with Gasteiger partial charge in [-0.3, -0.25) is 0 Å². The van der Waals surface area contributed by atoms with E-state index in [9.17, 15) is 39.6 Å². The molecular formula is C9H11AlN2Na4O8. The third-order valence-corrected chi connectivity index (χ3v) is 4.06. The summed E-state index contributed by atoms with van der Waals surface area (Å²) in [5.74, 6) is -6.01. The molecule has 0 heterocycles. The molecule has 0 atom stereocenters. The Balaban J connectivity index is -0.000000301. The van der Waals surface area contributed by atoms with Crippen molar-refractivity contribution in [3.05, 3.63) is 0 Å². The van der Waals surface area contributed by atoms with Gasteiger partial charge in [-0.1, -0.05) is 0 Å². The molecule has 0 aliphatic carbocycles. The van der Waals surface area contributed by atoms with Crippen molar-refractivity contribution in [3.8, 4) is 0 Å². The second-order valence-electron chi connectivity index (χ2n) is 3.91. The Morgan fingerprint density at radius 2 is 0.917 bits per heavy atom. The summed E-state index contributed by atoms with van der Waals surface area (Å²) >= 11 is -1.56. The fraction of sp³-hybridized carbons (Fsp3) is 0.556. The fourth-order valence-electron chi connectivity index (χ4n) is 1.44. The monoisotopic (exact) mass is 394 g/mol. The molecule has 0 unspecified atom stereocenters. The minimum Gasteiger partial charge on any atom is -0.549 e. The van der Waals surface area contributed by atoms with Crippen LogP contribution in [0.5, 0.6) is 0 Å². The summed E-state index contributed by atoms with van der Waals surface area (Å²) in [7, 11) is 0. The Labute approximate surface area is 233 Å². The van der Waals surface area contributed by atoms with E-state index in [1.54, 1.807) is 0 Å². The van der Waals surface area contributed by atoms with Crippen LogP contribution in [0, 0.1) is 0 Å². The number of carbonyl (C=O) groups is 4. The molecule has 0 bridgehead atoms. The first-order valence-electron chi connectivity index (χ1n) is 5.44. The maximum absolute atomic E-state index is 10.4. The van der Waals surface area contributed by atoms with Gasteiger partial charge in [0.25, 0.3) is 0 Å². The van der Waals surface area contributed by atoms with E-state index in [-0.39, 0.29) is 124 Å². The van der Waals surface area contributed by atoms with Crippen LogP contribution in [0.15, 0.2) is 0 Å². The standard InChI is InChI=1S/C5H8NO4.C4H6NO4.Al.4Na.H/c1-6(2-4(7)8)3-5(9)10;6-3(7)1-5-2-4(8)9;;;;;;/h1-3H2,(H,7,8)(H,9,10);1-2H2,(H,6,7)(H,8,9);;;;;;/q;-1;5*+1;/p-4. The number of hydrogen-bond donors (Lipinski definition) is 0. The van der Waals surface area contributed by atoms with Gasteiger partial charge in [0, 0.05) is 26.2 Å². The first kappa shape index (κ1) is 37.1. The average molecular weight is 394 g/mol. The zero-order chi connectivity index (χ0) is 15.7. The Kier molecular flexibility index (Phi) is 33.5. The number of aliphatic carboxylic acids is 4. The normalized spacial score (nSPS) is 8.75. The topological polar surface area (TPSA) is 167 Å². The van der Waals surface area contributed by atoms with E-state index < -0.39 is 65.5 Å². The third kappa shape index (κ3) is 24.3. The summed E-state index contributed by atoms with van der Waals surface area (Å²) in [5, 5.41) is 41.6. The van der Waals surface area contributed by atoms with Crippen LogP contribution < -0.4 is 139 Å². The second kappa shape index (κ2) is 21.6. The zero-order valence-electron chi connectivity index (χ0n) is 14.4. The van der Waals surface area contributed by atoms with Gasteiger partial charge in [0.2, 0.25) is 0 Å². The first-order chi connectivity index (χ1) is 9.20. The summed E-state index contributed by atoms with van der Waals surface area (Å²) < 4.78 is 1.04. The average Bonchev–Trinajstić information content (AvgIpc) is 2.22. The van der Waals surface area contributed by atoms with Gasteiger partial charge in [0.05, 0.1) is 23.9 Å². The summed E-state index contributed by atoms with van der Waals surface area (Å²) in [5.41, 5.74) is 0. The predicted molar refractivity (Wildman–Crippen MR) is 55.2 cm³/mol. The summed E-state index contributed by atoms with van der Waals surface area (Å²) in [6.07, 6.45) is 0. The van der Waals surface area contributed by atoms with Gasteiger partial charge in [-0.15, -0.1) is 0 Å². The molecule has 0 spiro atoms. The van der Waals surface area contributed by atoms with Crippen LogP contribution in [0.2, 0.25) is 0 Å². The molecule has 0 aromatic carbocycles. The van der Waals surface area contributed by atoms with Crippen LogP contribution in [0.4, 0.5) is 0 Å². The summed E-state index contributed by atoms with van der Waals surface area (Å²) in [6.45, 7) is -2.65. The molecule has 0 saturated heterocycles. The molecule has 10 nitrogen and oxygen atoms in total. The molecule has 0 aromatic rings. The predicted octanol–water partition coefficient (Wildman–Crippen LogP) is -20.1. The van der Waals surface area contributed by atoms with E-state index >= 15 is 0 Å². The number of hydrogen-bond acceptors (Lipinski definition) is 10. The van der Waals surface area contributed by atoms with Crippen LogP contribution >= 0.6 is 0 Å². The van der Waals surface area contributed by atoms with Crippen molar-refractivity contribution < 1.29 is 158 Å². The van der Waals surface area contributed by atoms with Gasteiger partial charge >= 0.3 is 134 Å². The Bertz CT molecular complexity index is 336. The van der Waals surface area contributed by atoms with Gasteiger partial charge in [0.1, 0.15) is 0 Å². The Morgan fingerprint density at radius 3 is 1.17 bits per heavy atom. The van der Waals surface area contributed by atoms with E-state index in [0.717, 1.165) is 8.78 Å². The van der Waals surface area contributed by atoms with E-state index in [0.29, 0.717) is 0 Å². The van der Waals surface area contributed by atoms with E-state index in [1.807, 2.05) is 0 Å². The molecule has 0 radical (unpaired) electrons. The largest absolute Gasteiger partial charge is 1.00 e. The van der Waals surface area contributed by atoms with Crippen LogP contribution in [0.1, 0.15) is 0 Å². The van der Waals surface area contributed by atoms with Gasteiger partial charge in [0.15, 0.2) is 0 Å². The quantitative estimate of drug-likeness (QED) is 0.307. The summed E-state index contributed by atoms with van der Waals surface area (Å²) in [4.78, 5) is 42.7. The van der Waals surface area contributed by atoms with Crippen molar-refractivity contribution in [1.82, 2.24) is 8.78 Å². The molecule has 0 amide bonds. The molecule has 0 aromatic heterocycles. The van der Waals surface area contributed by atoms with E-state index in [4.69, 9.17) is 0 Å². The molecule has 0 saturated carbocycles. The van der Waals surface area contributed by atoms with Crippen molar-refractivity contribution in [1.29, 1.82) is 0 Å². The number of carboxylic acid groups (broad SMARTS) is 4. The van der Waals surface area contributed by atoms with Crippen molar-refractivity contribution >= 4 is 39.3 Å². The maximum atomic E-state index is 10.4. The van der Waals surface area contributed by atoms with Crippen molar-refractivity contribution in [2.75, 3.05) is 31.6 Å². The van der Waals surface area contributed by atoms with Crippen LogP contribution in [0.3, 0.4) is 0 Å². The molecule has 0 fully saturated rings. The molecule has 24 heavy (non-hydrogen) atoms. The molecular weight excluding hydrogens is 383 g/mol. The van der Waals surface area contributed by atoms with E-state index in [1.165, 1.54) is 0 Å². The summed E-state index contributed by atoms with van der Waals surface area (Å²) in [6, 6.07) is 0. The Morgan fingerprint density at radius 1 is 0.625 bits per heavy atom. The number of carboxylic acids is 4. The van der Waals surface area contributed by atoms with Gasteiger partial charge in [-0.05, 0) is 5.41 Å².